The van der Waals surface area contributed by atoms with Gasteiger partial charge in [0.15, 0.2) is 0 Å². The molecule has 2 aliphatic rings. The van der Waals surface area contributed by atoms with Gasteiger partial charge in [-0.3, -0.25) is 19.4 Å². The molecule has 130 valence electrons. The van der Waals surface area contributed by atoms with Gasteiger partial charge < -0.3 is 0 Å². The van der Waals surface area contributed by atoms with Gasteiger partial charge in [0, 0.05) is 6.54 Å². The van der Waals surface area contributed by atoms with E-state index < -0.39 is 0 Å². The van der Waals surface area contributed by atoms with Crippen LogP contribution in [0.2, 0.25) is 0 Å². The van der Waals surface area contributed by atoms with E-state index >= 15 is 0 Å². The first-order valence-corrected chi connectivity index (χ1v) is 9.15. The molecule has 0 N–H and O–H groups in total. The molecule has 1 heterocycles. The zero-order valence-corrected chi connectivity index (χ0v) is 14.6. The maximum absolute atomic E-state index is 12.6. The quantitative estimate of drug-likeness (QED) is 0.804. The molecule has 1 aliphatic carbocycles. The molecule has 2 aromatic rings. The zero-order valence-electron chi connectivity index (χ0n) is 14.6. The van der Waals surface area contributed by atoms with Gasteiger partial charge in [0.05, 0.1) is 18.5 Å². The molecule has 2 atom stereocenters. The molecule has 25 heavy (non-hydrogen) atoms. The fraction of sp³-hybridized carbons (Fsp3) is 0.429. The number of imide groups is 1. The minimum absolute atomic E-state index is 0.0417. The van der Waals surface area contributed by atoms with Crippen molar-refractivity contribution in [3.8, 4) is 0 Å². The SMILES string of the molecule is CN(Cc1ccc2ccccc2c1)CN1C(=O)[C@H]2CCCC[C@@H]2C1=O. The summed E-state index contributed by atoms with van der Waals surface area (Å²) in [7, 11) is 1.97. The molecule has 0 unspecified atom stereocenters. The van der Waals surface area contributed by atoms with Crippen LogP contribution in [0.25, 0.3) is 10.8 Å². The average Bonchev–Trinajstić information content (AvgIpc) is 2.87. The van der Waals surface area contributed by atoms with Crippen molar-refractivity contribution in [2.45, 2.75) is 32.2 Å². The van der Waals surface area contributed by atoms with E-state index in [-0.39, 0.29) is 23.7 Å². The van der Waals surface area contributed by atoms with Crippen LogP contribution in [0.4, 0.5) is 0 Å². The van der Waals surface area contributed by atoms with E-state index in [2.05, 4.69) is 35.2 Å². The Morgan fingerprint density at radius 2 is 1.60 bits per heavy atom. The molecule has 0 spiro atoms. The number of carbonyl (C=O) groups is 2. The minimum atomic E-state index is -0.0599. The Kier molecular flexibility index (Phi) is 4.30. The van der Waals surface area contributed by atoms with Gasteiger partial charge in [-0.1, -0.05) is 49.2 Å². The molecule has 4 nitrogen and oxygen atoms in total. The maximum atomic E-state index is 12.6. The van der Waals surface area contributed by atoms with E-state index in [1.165, 1.54) is 21.2 Å². The summed E-state index contributed by atoms with van der Waals surface area (Å²) in [5.41, 5.74) is 1.19. The van der Waals surface area contributed by atoms with E-state index in [0.29, 0.717) is 6.67 Å². The molecule has 2 aromatic carbocycles. The lowest BCUT2D eigenvalue weighted by atomic mass is 9.81. The van der Waals surface area contributed by atoms with E-state index in [1.54, 1.807) is 0 Å². The summed E-state index contributed by atoms with van der Waals surface area (Å²) < 4.78 is 0. The lowest BCUT2D eigenvalue weighted by Gasteiger charge is -2.23. The van der Waals surface area contributed by atoms with Gasteiger partial charge in [0.25, 0.3) is 0 Å². The van der Waals surface area contributed by atoms with E-state index in [9.17, 15) is 9.59 Å². The molecule has 2 fully saturated rings. The van der Waals surface area contributed by atoms with Crippen molar-refractivity contribution in [2.75, 3.05) is 13.7 Å². The van der Waals surface area contributed by atoms with Gasteiger partial charge in [-0.05, 0) is 42.3 Å². The number of fused-ring (bicyclic) bond motifs is 2. The molecule has 1 aliphatic heterocycles. The standard InChI is InChI=1S/C21H24N2O2/c1-22(13-15-10-11-16-6-2-3-7-17(16)12-15)14-23-20(24)18-8-4-5-9-19(18)21(23)25/h2-3,6-7,10-12,18-19H,4-5,8-9,13-14H2,1H3/t18-,19-/m0/s1. The highest BCUT2D eigenvalue weighted by molar-refractivity contribution is 6.05. The van der Waals surface area contributed by atoms with E-state index in [0.717, 1.165) is 32.2 Å². The largest absolute Gasteiger partial charge is 0.284 e. The van der Waals surface area contributed by atoms with Crippen molar-refractivity contribution in [1.29, 1.82) is 0 Å². The summed E-state index contributed by atoms with van der Waals surface area (Å²) in [6.07, 6.45) is 3.89. The highest BCUT2D eigenvalue weighted by Gasteiger charge is 2.48. The van der Waals surface area contributed by atoms with Gasteiger partial charge in [0.1, 0.15) is 0 Å². The van der Waals surface area contributed by atoms with Crippen LogP contribution in [-0.2, 0) is 16.1 Å². The van der Waals surface area contributed by atoms with Crippen molar-refractivity contribution in [3.63, 3.8) is 0 Å². The minimum Gasteiger partial charge on any atom is -0.284 e. The molecular weight excluding hydrogens is 312 g/mol. The highest BCUT2D eigenvalue weighted by atomic mass is 16.2. The zero-order chi connectivity index (χ0) is 17.4. The molecule has 0 aromatic heterocycles. The van der Waals surface area contributed by atoms with Gasteiger partial charge in [-0.25, -0.2) is 0 Å². The van der Waals surface area contributed by atoms with Gasteiger partial charge in [-0.15, -0.1) is 0 Å². The number of nitrogens with zero attached hydrogens (tertiary/aromatic N) is 2. The second-order valence-corrected chi connectivity index (χ2v) is 7.44. The number of benzene rings is 2. The summed E-state index contributed by atoms with van der Waals surface area (Å²) in [5.74, 6) is -0.0363. The topological polar surface area (TPSA) is 40.6 Å². The summed E-state index contributed by atoms with van der Waals surface area (Å²) in [4.78, 5) is 28.7. The van der Waals surface area contributed by atoms with Gasteiger partial charge in [0.2, 0.25) is 11.8 Å². The van der Waals surface area contributed by atoms with Crippen molar-refractivity contribution in [1.82, 2.24) is 9.80 Å². The van der Waals surface area contributed by atoms with Crippen LogP contribution in [0.5, 0.6) is 0 Å². The normalized spacial score (nSPS) is 23.5. The fourth-order valence-electron chi connectivity index (χ4n) is 4.31. The molecule has 1 saturated heterocycles. The summed E-state index contributed by atoms with van der Waals surface area (Å²) in [6.45, 7) is 1.11. The molecule has 4 rings (SSSR count). The van der Waals surface area contributed by atoms with E-state index in [4.69, 9.17) is 0 Å². The first-order valence-electron chi connectivity index (χ1n) is 9.15. The van der Waals surface area contributed by atoms with Crippen molar-refractivity contribution < 1.29 is 9.59 Å². The van der Waals surface area contributed by atoms with Crippen LogP contribution in [0.3, 0.4) is 0 Å². The van der Waals surface area contributed by atoms with Crippen molar-refractivity contribution >= 4 is 22.6 Å². The van der Waals surface area contributed by atoms with Crippen molar-refractivity contribution in [2.24, 2.45) is 11.8 Å². The van der Waals surface area contributed by atoms with Crippen LogP contribution in [-0.4, -0.2) is 35.3 Å². The first-order chi connectivity index (χ1) is 12.1. The summed E-state index contributed by atoms with van der Waals surface area (Å²) in [6, 6.07) is 14.7. The average molecular weight is 336 g/mol. The third-order valence-corrected chi connectivity index (χ3v) is 5.58. The monoisotopic (exact) mass is 336 g/mol. The Balaban J connectivity index is 1.45. The Labute approximate surface area is 148 Å². The number of likely N-dealkylation sites (tertiary alicyclic amines) is 1. The second kappa shape index (κ2) is 6.60. The van der Waals surface area contributed by atoms with Crippen LogP contribution in [0.1, 0.15) is 31.2 Å². The van der Waals surface area contributed by atoms with Crippen LogP contribution in [0, 0.1) is 11.8 Å². The number of hydrogen-bond donors (Lipinski definition) is 0. The molecular formula is C21H24N2O2. The molecule has 4 heteroatoms. The number of amides is 2. The summed E-state index contributed by atoms with van der Waals surface area (Å²) in [5, 5.41) is 2.44. The van der Waals surface area contributed by atoms with Crippen LogP contribution in [0.15, 0.2) is 42.5 Å². The highest BCUT2D eigenvalue weighted by Crippen LogP contribution is 2.38. The fourth-order valence-corrected chi connectivity index (χ4v) is 4.31. The first kappa shape index (κ1) is 16.3. The number of rotatable bonds is 4. The Morgan fingerprint density at radius 3 is 2.28 bits per heavy atom. The Hall–Kier alpha value is -2.20. The van der Waals surface area contributed by atoms with Gasteiger partial charge >= 0.3 is 0 Å². The Bertz CT molecular complexity index is 792. The lowest BCUT2D eigenvalue weighted by molar-refractivity contribution is -0.142. The molecule has 0 bridgehead atoms. The van der Waals surface area contributed by atoms with Gasteiger partial charge in [-0.2, -0.15) is 0 Å². The number of carbonyl (C=O) groups excluding carboxylic acids is 2. The molecule has 2 amide bonds. The second-order valence-electron chi connectivity index (χ2n) is 7.44. The molecule has 0 radical (unpaired) electrons. The predicted molar refractivity (Wildman–Crippen MR) is 97.6 cm³/mol. The predicted octanol–water partition coefficient (Wildman–Crippen LogP) is 3.40. The maximum Gasteiger partial charge on any atom is 0.234 e. The Morgan fingerprint density at radius 1 is 0.960 bits per heavy atom. The van der Waals surface area contributed by atoms with Crippen LogP contribution < -0.4 is 0 Å². The van der Waals surface area contributed by atoms with Crippen molar-refractivity contribution in [3.05, 3.63) is 48.0 Å². The summed E-state index contributed by atoms with van der Waals surface area (Å²) >= 11 is 0. The van der Waals surface area contributed by atoms with E-state index in [1.807, 2.05) is 19.2 Å². The number of hydrogen-bond acceptors (Lipinski definition) is 3. The smallest absolute Gasteiger partial charge is 0.234 e. The van der Waals surface area contributed by atoms with Crippen LogP contribution >= 0.6 is 0 Å². The third kappa shape index (κ3) is 3.07. The third-order valence-electron chi connectivity index (χ3n) is 5.58. The lowest BCUT2D eigenvalue weighted by Crippen LogP contribution is -2.40. The molecule has 1 saturated carbocycles.